The molecule has 1 aromatic carbocycles. The van der Waals surface area contributed by atoms with Crippen LogP contribution in [0.2, 0.25) is 0 Å². The molecule has 1 N–H and O–H groups in total. The van der Waals surface area contributed by atoms with E-state index < -0.39 is 5.60 Å². The highest BCUT2D eigenvalue weighted by atomic mass is 19.1. The van der Waals surface area contributed by atoms with Crippen LogP contribution >= 0.6 is 0 Å². The van der Waals surface area contributed by atoms with Crippen molar-refractivity contribution in [2.75, 3.05) is 13.1 Å². The fraction of sp³-hybridized carbons (Fsp3) is 0.400. The molecule has 2 rings (SSSR count). The van der Waals surface area contributed by atoms with Gasteiger partial charge in [0.15, 0.2) is 0 Å². The van der Waals surface area contributed by atoms with Crippen LogP contribution in [-0.4, -0.2) is 34.6 Å². The summed E-state index contributed by atoms with van der Waals surface area (Å²) in [6.45, 7) is 2.80. The van der Waals surface area contributed by atoms with E-state index in [1.165, 1.54) is 18.2 Å². The Hall–Kier alpha value is -1.68. The maximum Gasteiger partial charge on any atom is 0.246 e. The Balaban J connectivity index is 1.87. The van der Waals surface area contributed by atoms with Crippen molar-refractivity contribution < 1.29 is 14.3 Å². The summed E-state index contributed by atoms with van der Waals surface area (Å²) in [6.07, 6.45) is 4.74. The van der Waals surface area contributed by atoms with E-state index in [1.54, 1.807) is 23.1 Å². The summed E-state index contributed by atoms with van der Waals surface area (Å²) in [5.74, 6) is -0.416. The number of rotatable bonds is 4. The second-order valence-corrected chi connectivity index (χ2v) is 5.05. The molecule has 1 aliphatic heterocycles. The van der Waals surface area contributed by atoms with E-state index in [9.17, 15) is 14.3 Å². The molecular formula is C15H18FNO2. The van der Waals surface area contributed by atoms with Gasteiger partial charge in [-0.2, -0.15) is 0 Å². The first-order chi connectivity index (χ1) is 9.02. The van der Waals surface area contributed by atoms with Gasteiger partial charge in [-0.1, -0.05) is 25.5 Å². The lowest BCUT2D eigenvalue weighted by molar-refractivity contribution is -0.151. The first kappa shape index (κ1) is 13.7. The Morgan fingerprint density at radius 1 is 1.42 bits per heavy atom. The lowest BCUT2D eigenvalue weighted by Gasteiger charge is -2.46. The fourth-order valence-electron chi connectivity index (χ4n) is 2.29. The number of likely N-dealkylation sites (tertiary alicyclic amines) is 1. The molecule has 0 aliphatic carbocycles. The van der Waals surface area contributed by atoms with Crippen molar-refractivity contribution in [3.63, 3.8) is 0 Å². The molecule has 0 spiro atoms. The average Bonchev–Trinajstić information content (AvgIpc) is 2.35. The SMILES string of the molecule is CCCC1(O)CN(C(=O)C=Cc2ccc(F)cc2)C1. The summed E-state index contributed by atoms with van der Waals surface area (Å²) >= 11 is 0. The van der Waals surface area contributed by atoms with Gasteiger partial charge in [-0.05, 0) is 30.2 Å². The molecule has 0 atom stereocenters. The molecule has 0 radical (unpaired) electrons. The van der Waals surface area contributed by atoms with Gasteiger partial charge in [-0.15, -0.1) is 0 Å². The van der Waals surface area contributed by atoms with Gasteiger partial charge in [0.25, 0.3) is 0 Å². The van der Waals surface area contributed by atoms with Gasteiger partial charge in [0.1, 0.15) is 5.82 Å². The Morgan fingerprint density at radius 3 is 2.63 bits per heavy atom. The lowest BCUT2D eigenvalue weighted by atomic mass is 9.89. The Labute approximate surface area is 112 Å². The van der Waals surface area contributed by atoms with Crippen LogP contribution in [0.4, 0.5) is 4.39 Å². The number of β-amino-alcohol motifs (C(OH)–C–C–N with tert-alkyl or cyclic N) is 1. The summed E-state index contributed by atoms with van der Waals surface area (Å²) in [5.41, 5.74) is 0.0767. The van der Waals surface area contributed by atoms with E-state index in [4.69, 9.17) is 0 Å². The van der Waals surface area contributed by atoms with Crippen molar-refractivity contribution in [3.8, 4) is 0 Å². The smallest absolute Gasteiger partial charge is 0.246 e. The molecule has 4 heteroatoms. The standard InChI is InChI=1S/C15H18FNO2/c1-2-9-15(19)10-17(11-15)14(18)8-5-12-3-6-13(16)7-4-12/h3-8,19H,2,9-11H2,1H3. The van der Waals surface area contributed by atoms with Crippen LogP contribution in [0.5, 0.6) is 0 Å². The van der Waals surface area contributed by atoms with Crippen molar-refractivity contribution in [3.05, 3.63) is 41.7 Å². The maximum atomic E-state index is 12.7. The summed E-state index contributed by atoms with van der Waals surface area (Å²) in [5, 5.41) is 9.99. The van der Waals surface area contributed by atoms with Crippen LogP contribution < -0.4 is 0 Å². The highest BCUT2D eigenvalue weighted by molar-refractivity contribution is 5.92. The maximum absolute atomic E-state index is 12.7. The highest BCUT2D eigenvalue weighted by Gasteiger charge is 2.41. The van der Waals surface area contributed by atoms with E-state index in [2.05, 4.69) is 0 Å². The number of aliphatic hydroxyl groups is 1. The van der Waals surface area contributed by atoms with Crippen molar-refractivity contribution in [2.45, 2.75) is 25.4 Å². The van der Waals surface area contributed by atoms with Gasteiger partial charge in [-0.3, -0.25) is 4.79 Å². The number of hydrogen-bond acceptors (Lipinski definition) is 2. The van der Waals surface area contributed by atoms with Crippen molar-refractivity contribution in [2.24, 2.45) is 0 Å². The molecule has 0 saturated carbocycles. The largest absolute Gasteiger partial charge is 0.386 e. The van der Waals surface area contributed by atoms with E-state index in [0.717, 1.165) is 18.4 Å². The van der Waals surface area contributed by atoms with E-state index >= 15 is 0 Å². The molecule has 1 amide bonds. The van der Waals surface area contributed by atoms with Crippen LogP contribution in [0.1, 0.15) is 25.3 Å². The quantitative estimate of drug-likeness (QED) is 0.846. The number of carbonyl (C=O) groups is 1. The minimum atomic E-state index is -0.700. The van der Waals surface area contributed by atoms with E-state index in [1.807, 2.05) is 6.92 Å². The number of hydrogen-bond donors (Lipinski definition) is 1. The van der Waals surface area contributed by atoms with E-state index in [-0.39, 0.29) is 11.7 Å². The monoisotopic (exact) mass is 263 g/mol. The number of amides is 1. The molecule has 3 nitrogen and oxygen atoms in total. The van der Waals surface area contributed by atoms with E-state index in [0.29, 0.717) is 13.1 Å². The second kappa shape index (κ2) is 5.53. The van der Waals surface area contributed by atoms with Gasteiger partial charge < -0.3 is 10.0 Å². The Kier molecular flexibility index (Phi) is 4.00. The number of nitrogens with zero attached hydrogens (tertiary/aromatic N) is 1. The molecule has 19 heavy (non-hydrogen) atoms. The first-order valence-electron chi connectivity index (χ1n) is 6.47. The third kappa shape index (κ3) is 3.41. The van der Waals surface area contributed by atoms with Crippen molar-refractivity contribution in [1.29, 1.82) is 0 Å². The van der Waals surface area contributed by atoms with Crippen LogP contribution in [0.3, 0.4) is 0 Å². The van der Waals surface area contributed by atoms with Crippen molar-refractivity contribution in [1.82, 2.24) is 4.90 Å². The fourth-order valence-corrected chi connectivity index (χ4v) is 2.29. The molecule has 1 heterocycles. The number of carbonyl (C=O) groups excluding carboxylic acids is 1. The zero-order valence-corrected chi connectivity index (χ0v) is 11.0. The number of halogens is 1. The zero-order valence-electron chi connectivity index (χ0n) is 11.0. The van der Waals surface area contributed by atoms with Gasteiger partial charge >= 0.3 is 0 Å². The van der Waals surface area contributed by atoms with Crippen molar-refractivity contribution >= 4 is 12.0 Å². The molecule has 0 bridgehead atoms. The molecule has 102 valence electrons. The summed E-state index contributed by atoms with van der Waals surface area (Å²) in [7, 11) is 0. The third-order valence-corrected chi connectivity index (χ3v) is 3.29. The van der Waals surface area contributed by atoms with Gasteiger partial charge in [0, 0.05) is 6.08 Å². The van der Waals surface area contributed by atoms with Crippen LogP contribution in [-0.2, 0) is 4.79 Å². The minimum Gasteiger partial charge on any atom is -0.386 e. The topological polar surface area (TPSA) is 40.5 Å². The first-order valence-corrected chi connectivity index (χ1v) is 6.47. The van der Waals surface area contributed by atoms with Crippen LogP contribution in [0, 0.1) is 5.82 Å². The molecule has 1 saturated heterocycles. The summed E-state index contributed by atoms with van der Waals surface area (Å²) in [4.78, 5) is 13.4. The average molecular weight is 263 g/mol. The predicted octanol–water partition coefficient (Wildman–Crippen LogP) is 2.21. The second-order valence-electron chi connectivity index (χ2n) is 5.05. The summed E-state index contributed by atoms with van der Waals surface area (Å²) in [6, 6.07) is 5.94. The molecule has 1 fully saturated rings. The zero-order chi connectivity index (χ0) is 13.9. The Morgan fingerprint density at radius 2 is 2.05 bits per heavy atom. The highest BCUT2D eigenvalue weighted by Crippen LogP contribution is 2.25. The normalized spacial score (nSPS) is 17.5. The lowest BCUT2D eigenvalue weighted by Crippen LogP contribution is -2.63. The van der Waals surface area contributed by atoms with Gasteiger partial charge in [0.05, 0.1) is 18.7 Å². The van der Waals surface area contributed by atoms with Gasteiger partial charge in [0.2, 0.25) is 5.91 Å². The van der Waals surface area contributed by atoms with Crippen LogP contribution in [0.15, 0.2) is 30.3 Å². The number of benzene rings is 1. The molecule has 0 aromatic heterocycles. The molecular weight excluding hydrogens is 245 g/mol. The predicted molar refractivity (Wildman–Crippen MR) is 71.9 cm³/mol. The third-order valence-electron chi connectivity index (χ3n) is 3.29. The molecule has 1 aliphatic rings. The van der Waals surface area contributed by atoms with Crippen LogP contribution in [0.25, 0.3) is 6.08 Å². The minimum absolute atomic E-state index is 0.120. The molecule has 1 aromatic rings. The van der Waals surface area contributed by atoms with Gasteiger partial charge in [-0.25, -0.2) is 4.39 Å². The Bertz CT molecular complexity index is 475. The molecule has 0 unspecified atom stereocenters. The summed E-state index contributed by atoms with van der Waals surface area (Å²) < 4.78 is 12.7.